The molecule has 2 saturated heterocycles. The molecule has 1 aromatic rings. The molecule has 3 N–H and O–H groups in total. The van der Waals surface area contributed by atoms with Crippen molar-refractivity contribution in [2.45, 2.75) is 43.9 Å². The molecular weight excluding hydrogens is 363 g/mol. The van der Waals surface area contributed by atoms with Crippen molar-refractivity contribution in [1.82, 2.24) is 9.80 Å². The monoisotopic (exact) mass is 385 g/mol. The van der Waals surface area contributed by atoms with Crippen LogP contribution >= 0.6 is 0 Å². The van der Waals surface area contributed by atoms with Gasteiger partial charge in [0, 0.05) is 25.2 Å². The van der Waals surface area contributed by atoms with Crippen molar-refractivity contribution in [3.63, 3.8) is 0 Å². The lowest BCUT2D eigenvalue weighted by Gasteiger charge is -2.44. The van der Waals surface area contributed by atoms with Crippen LogP contribution in [0.15, 0.2) is 18.2 Å². The van der Waals surface area contributed by atoms with E-state index in [-0.39, 0.29) is 5.54 Å². The van der Waals surface area contributed by atoms with Crippen LogP contribution < -0.4 is 5.73 Å². The van der Waals surface area contributed by atoms with Gasteiger partial charge in [-0.1, -0.05) is 6.07 Å². The Kier molecular flexibility index (Phi) is 5.07. The lowest BCUT2D eigenvalue weighted by molar-refractivity contribution is -0.137. The molecule has 0 aliphatic carbocycles. The first kappa shape index (κ1) is 19.5. The Morgan fingerprint density at radius 2 is 1.81 bits per heavy atom. The van der Waals surface area contributed by atoms with Gasteiger partial charge < -0.3 is 15.7 Å². The number of carbonyl (C=O) groups is 2. The van der Waals surface area contributed by atoms with E-state index in [1.165, 1.54) is 17.0 Å². The summed E-state index contributed by atoms with van der Waals surface area (Å²) in [6.45, 7) is 2.10. The fraction of sp³-hybridized carbons (Fsp3) is 0.556. The van der Waals surface area contributed by atoms with Gasteiger partial charge >= 0.3 is 12.3 Å². The number of primary amides is 1. The molecule has 2 aliphatic rings. The maximum absolute atomic E-state index is 13.1. The van der Waals surface area contributed by atoms with Gasteiger partial charge in [-0.2, -0.15) is 13.2 Å². The maximum Gasteiger partial charge on any atom is 0.417 e. The lowest BCUT2D eigenvalue weighted by Crippen LogP contribution is -2.52. The van der Waals surface area contributed by atoms with Gasteiger partial charge in [0.05, 0.1) is 11.1 Å². The fourth-order valence-corrected chi connectivity index (χ4v) is 4.28. The molecule has 2 amide bonds. The summed E-state index contributed by atoms with van der Waals surface area (Å²) in [4.78, 5) is 26.2. The molecule has 0 atom stereocenters. The van der Waals surface area contributed by atoms with Crippen molar-refractivity contribution in [2.24, 2.45) is 5.73 Å². The average Bonchev–Trinajstić information content (AvgIpc) is 2.96. The summed E-state index contributed by atoms with van der Waals surface area (Å²) in [5.41, 5.74) is 4.07. The predicted molar refractivity (Wildman–Crippen MR) is 91.2 cm³/mol. The predicted octanol–water partition coefficient (Wildman–Crippen LogP) is 2.91. The molecule has 0 saturated carbocycles. The molecule has 148 valence electrons. The first-order valence-corrected chi connectivity index (χ1v) is 8.85. The molecule has 0 aromatic heterocycles. The van der Waals surface area contributed by atoms with E-state index in [2.05, 4.69) is 4.90 Å². The number of hydrogen-bond acceptors (Lipinski definition) is 3. The largest absolute Gasteiger partial charge is 0.465 e. The molecule has 2 heterocycles. The van der Waals surface area contributed by atoms with E-state index in [1.807, 2.05) is 0 Å². The van der Waals surface area contributed by atoms with E-state index >= 15 is 0 Å². The molecule has 27 heavy (non-hydrogen) atoms. The van der Waals surface area contributed by atoms with Gasteiger partial charge in [0.2, 0.25) is 5.91 Å². The SMILES string of the molecule is NC(=O)c1cc(CN2CCCC23CCN(C(=O)O)CC3)ccc1C(F)(F)F. The van der Waals surface area contributed by atoms with E-state index in [4.69, 9.17) is 10.8 Å². The minimum absolute atomic E-state index is 0.137. The summed E-state index contributed by atoms with van der Waals surface area (Å²) >= 11 is 0. The molecule has 2 aliphatic heterocycles. The van der Waals surface area contributed by atoms with E-state index in [0.29, 0.717) is 38.0 Å². The zero-order chi connectivity index (χ0) is 19.8. The Labute approximate surface area is 154 Å². The third-order valence-corrected chi connectivity index (χ3v) is 5.73. The van der Waals surface area contributed by atoms with Gasteiger partial charge in [-0.25, -0.2) is 4.79 Å². The summed E-state index contributed by atoms with van der Waals surface area (Å²) in [6, 6.07) is 3.52. The van der Waals surface area contributed by atoms with E-state index in [1.54, 1.807) is 0 Å². The molecule has 0 radical (unpaired) electrons. The molecule has 6 nitrogen and oxygen atoms in total. The second-order valence-electron chi connectivity index (χ2n) is 7.26. The highest BCUT2D eigenvalue weighted by molar-refractivity contribution is 5.94. The molecule has 9 heteroatoms. The van der Waals surface area contributed by atoms with Gasteiger partial charge in [-0.05, 0) is 49.9 Å². The standard InChI is InChI=1S/C18H22F3N3O3/c19-18(20,21)14-3-2-12(10-13(14)15(22)25)11-24-7-1-4-17(24)5-8-23(9-6-17)16(26)27/h2-3,10H,1,4-9,11H2,(H2,22,25)(H,26,27). The Morgan fingerprint density at radius 1 is 1.15 bits per heavy atom. The third kappa shape index (κ3) is 3.87. The van der Waals surface area contributed by atoms with Gasteiger partial charge in [-0.3, -0.25) is 9.69 Å². The molecule has 2 fully saturated rings. The van der Waals surface area contributed by atoms with E-state index < -0.39 is 29.3 Å². The minimum atomic E-state index is -4.64. The van der Waals surface area contributed by atoms with Crippen LogP contribution in [-0.2, 0) is 12.7 Å². The minimum Gasteiger partial charge on any atom is -0.465 e. The highest BCUT2D eigenvalue weighted by Crippen LogP contribution is 2.40. The number of piperidine rings is 1. The average molecular weight is 385 g/mol. The number of halogens is 3. The maximum atomic E-state index is 13.1. The van der Waals surface area contributed by atoms with Crippen LogP contribution in [0.2, 0.25) is 0 Å². The molecule has 0 bridgehead atoms. The molecular formula is C18H22F3N3O3. The van der Waals surface area contributed by atoms with Gasteiger partial charge in [-0.15, -0.1) is 0 Å². The van der Waals surface area contributed by atoms with Crippen molar-refractivity contribution in [1.29, 1.82) is 0 Å². The van der Waals surface area contributed by atoms with Gasteiger partial charge in [0.1, 0.15) is 0 Å². The summed E-state index contributed by atoms with van der Waals surface area (Å²) < 4.78 is 39.2. The zero-order valence-corrected chi connectivity index (χ0v) is 14.8. The van der Waals surface area contributed by atoms with Crippen LogP contribution in [0.1, 0.15) is 47.2 Å². The van der Waals surface area contributed by atoms with Crippen LogP contribution in [0.3, 0.4) is 0 Å². The summed E-state index contributed by atoms with van der Waals surface area (Å²) in [5.74, 6) is -1.10. The van der Waals surface area contributed by atoms with E-state index in [0.717, 1.165) is 25.5 Å². The van der Waals surface area contributed by atoms with Crippen molar-refractivity contribution in [3.05, 3.63) is 34.9 Å². The van der Waals surface area contributed by atoms with Crippen LogP contribution in [0, 0.1) is 0 Å². The first-order valence-electron chi connectivity index (χ1n) is 8.85. The Morgan fingerprint density at radius 3 is 2.37 bits per heavy atom. The quantitative estimate of drug-likeness (QED) is 0.838. The van der Waals surface area contributed by atoms with Crippen LogP contribution in [0.5, 0.6) is 0 Å². The number of likely N-dealkylation sites (tertiary alicyclic amines) is 2. The van der Waals surface area contributed by atoms with Crippen LogP contribution in [0.4, 0.5) is 18.0 Å². The number of carbonyl (C=O) groups excluding carboxylic acids is 1. The van der Waals surface area contributed by atoms with Crippen molar-refractivity contribution < 1.29 is 27.9 Å². The summed E-state index contributed by atoms with van der Waals surface area (Å²) in [5, 5.41) is 9.12. The molecule has 1 spiro atoms. The van der Waals surface area contributed by atoms with Crippen molar-refractivity contribution >= 4 is 12.0 Å². The molecule has 3 rings (SSSR count). The first-order chi connectivity index (χ1) is 12.6. The number of nitrogens with two attached hydrogens (primary N) is 1. The number of rotatable bonds is 3. The fourth-order valence-electron chi connectivity index (χ4n) is 4.28. The van der Waals surface area contributed by atoms with E-state index in [9.17, 15) is 22.8 Å². The normalized spacial score (nSPS) is 20.2. The highest BCUT2D eigenvalue weighted by atomic mass is 19.4. The Balaban J connectivity index is 1.79. The number of hydrogen-bond donors (Lipinski definition) is 2. The Hall–Kier alpha value is -2.29. The smallest absolute Gasteiger partial charge is 0.417 e. The topological polar surface area (TPSA) is 86.9 Å². The number of nitrogens with zero attached hydrogens (tertiary/aromatic N) is 2. The molecule has 0 unspecified atom stereocenters. The lowest BCUT2D eigenvalue weighted by atomic mass is 9.84. The van der Waals surface area contributed by atoms with Crippen molar-refractivity contribution in [3.8, 4) is 0 Å². The summed E-state index contributed by atoms with van der Waals surface area (Å²) in [6.07, 6.45) is -2.28. The zero-order valence-electron chi connectivity index (χ0n) is 14.8. The number of carboxylic acid groups (broad SMARTS) is 1. The summed E-state index contributed by atoms with van der Waals surface area (Å²) in [7, 11) is 0. The highest BCUT2D eigenvalue weighted by Gasteiger charge is 2.44. The second-order valence-corrected chi connectivity index (χ2v) is 7.26. The third-order valence-electron chi connectivity index (χ3n) is 5.73. The number of alkyl halides is 3. The van der Waals surface area contributed by atoms with Gasteiger partial charge in [0.25, 0.3) is 0 Å². The second kappa shape index (κ2) is 7.03. The van der Waals surface area contributed by atoms with Gasteiger partial charge in [0.15, 0.2) is 0 Å². The van der Waals surface area contributed by atoms with Crippen LogP contribution in [0.25, 0.3) is 0 Å². The number of amides is 2. The number of benzene rings is 1. The van der Waals surface area contributed by atoms with Crippen molar-refractivity contribution in [2.75, 3.05) is 19.6 Å². The Bertz CT molecular complexity index is 743. The van der Waals surface area contributed by atoms with Crippen LogP contribution in [-0.4, -0.2) is 52.1 Å². The molecule has 1 aromatic carbocycles.